The molecule has 132 valence electrons. The van der Waals surface area contributed by atoms with Gasteiger partial charge >= 0.3 is 5.97 Å². The molecule has 1 heterocycles. The van der Waals surface area contributed by atoms with Gasteiger partial charge in [0.2, 0.25) is 0 Å². The van der Waals surface area contributed by atoms with E-state index in [9.17, 15) is 18.7 Å². The smallest absolute Gasteiger partial charge is 0.355 e. The van der Waals surface area contributed by atoms with Gasteiger partial charge in [0.25, 0.3) is 5.92 Å². The van der Waals surface area contributed by atoms with Crippen molar-refractivity contribution in [3.63, 3.8) is 0 Å². The standard InChI is InChI=1S/C19H20F2N2O2/c1-4-11-23-13(2)9-10-16(17(23)18(24)25)22-12-14-7-5-6-8-15(14)19(3,20)21/h4-11,22H,2,12H2,1,3H3,(H,24,25)/b11-4-. The van der Waals surface area contributed by atoms with Crippen LogP contribution in [0.25, 0.3) is 0 Å². The van der Waals surface area contributed by atoms with Gasteiger partial charge in [0, 0.05) is 30.9 Å². The van der Waals surface area contributed by atoms with Gasteiger partial charge in [0.15, 0.2) is 5.70 Å². The van der Waals surface area contributed by atoms with Crippen LogP contribution < -0.4 is 5.32 Å². The molecule has 25 heavy (non-hydrogen) atoms. The van der Waals surface area contributed by atoms with Gasteiger partial charge in [0.1, 0.15) is 0 Å². The second-order valence-electron chi connectivity index (χ2n) is 5.64. The van der Waals surface area contributed by atoms with Crippen LogP contribution in [0.15, 0.2) is 72.4 Å². The predicted molar refractivity (Wildman–Crippen MR) is 92.4 cm³/mol. The lowest BCUT2D eigenvalue weighted by molar-refractivity contribution is -0.134. The predicted octanol–water partition coefficient (Wildman–Crippen LogP) is 4.10. The quantitative estimate of drug-likeness (QED) is 0.814. The summed E-state index contributed by atoms with van der Waals surface area (Å²) in [5.74, 6) is -4.11. The van der Waals surface area contributed by atoms with Gasteiger partial charge in [-0.1, -0.05) is 36.9 Å². The maximum absolute atomic E-state index is 13.7. The lowest BCUT2D eigenvalue weighted by Gasteiger charge is -2.27. The Labute approximate surface area is 145 Å². The van der Waals surface area contributed by atoms with Gasteiger partial charge in [-0.05, 0) is 24.6 Å². The van der Waals surface area contributed by atoms with E-state index in [4.69, 9.17) is 0 Å². The molecular weight excluding hydrogens is 326 g/mol. The van der Waals surface area contributed by atoms with Gasteiger partial charge in [0.05, 0.1) is 5.70 Å². The second-order valence-corrected chi connectivity index (χ2v) is 5.64. The molecular formula is C19H20F2N2O2. The normalized spacial score (nSPS) is 15.2. The Kier molecular flexibility index (Phi) is 5.41. The van der Waals surface area contributed by atoms with E-state index in [2.05, 4.69) is 11.9 Å². The number of allylic oxidation sites excluding steroid dienone is 3. The lowest BCUT2D eigenvalue weighted by Crippen LogP contribution is -2.29. The minimum absolute atomic E-state index is 0.00802. The topological polar surface area (TPSA) is 52.6 Å². The van der Waals surface area contributed by atoms with Crippen LogP contribution in [-0.2, 0) is 17.3 Å². The van der Waals surface area contributed by atoms with Crippen LogP contribution in [0.5, 0.6) is 0 Å². The average Bonchev–Trinajstić information content (AvgIpc) is 2.54. The fourth-order valence-electron chi connectivity index (χ4n) is 2.59. The number of rotatable bonds is 6. The van der Waals surface area contributed by atoms with E-state index in [0.717, 1.165) is 6.92 Å². The van der Waals surface area contributed by atoms with Crippen molar-refractivity contribution in [2.75, 3.05) is 0 Å². The van der Waals surface area contributed by atoms with Crippen molar-refractivity contribution in [1.29, 1.82) is 0 Å². The first kappa shape index (κ1) is 18.4. The molecule has 0 saturated carbocycles. The third-order valence-electron chi connectivity index (χ3n) is 3.71. The zero-order valence-corrected chi connectivity index (χ0v) is 14.1. The van der Waals surface area contributed by atoms with Crippen molar-refractivity contribution in [3.05, 3.63) is 83.5 Å². The molecule has 0 atom stereocenters. The number of benzene rings is 1. The molecule has 6 heteroatoms. The molecule has 1 aliphatic heterocycles. The van der Waals surface area contributed by atoms with Crippen LogP contribution >= 0.6 is 0 Å². The van der Waals surface area contributed by atoms with Crippen molar-refractivity contribution < 1.29 is 18.7 Å². The maximum atomic E-state index is 13.7. The number of halogens is 2. The number of carbonyl (C=O) groups is 1. The molecule has 1 aliphatic rings. The van der Waals surface area contributed by atoms with Crippen LogP contribution in [0.2, 0.25) is 0 Å². The fraction of sp³-hybridized carbons (Fsp3) is 0.211. The van der Waals surface area contributed by atoms with Gasteiger partial charge in [-0.2, -0.15) is 0 Å². The molecule has 0 fully saturated rings. The van der Waals surface area contributed by atoms with E-state index in [1.807, 2.05) is 0 Å². The number of carboxylic acid groups (broad SMARTS) is 1. The summed E-state index contributed by atoms with van der Waals surface area (Å²) in [5.41, 5.74) is 1.14. The molecule has 0 spiro atoms. The Morgan fingerprint density at radius 3 is 2.64 bits per heavy atom. The highest BCUT2D eigenvalue weighted by Crippen LogP contribution is 2.30. The van der Waals surface area contributed by atoms with Crippen molar-refractivity contribution in [2.24, 2.45) is 0 Å². The molecule has 2 rings (SSSR count). The molecule has 0 radical (unpaired) electrons. The summed E-state index contributed by atoms with van der Waals surface area (Å²) in [5, 5.41) is 12.5. The molecule has 0 aromatic heterocycles. The van der Waals surface area contributed by atoms with Crippen molar-refractivity contribution in [1.82, 2.24) is 10.2 Å². The van der Waals surface area contributed by atoms with E-state index in [0.29, 0.717) is 17.0 Å². The number of alkyl halides is 2. The van der Waals surface area contributed by atoms with E-state index in [-0.39, 0.29) is 17.8 Å². The van der Waals surface area contributed by atoms with Crippen molar-refractivity contribution in [3.8, 4) is 0 Å². The molecule has 0 bridgehead atoms. The van der Waals surface area contributed by atoms with Gasteiger partial charge < -0.3 is 15.3 Å². The molecule has 0 saturated heterocycles. The van der Waals surface area contributed by atoms with Gasteiger partial charge in [-0.3, -0.25) is 0 Å². The van der Waals surface area contributed by atoms with E-state index in [1.165, 1.54) is 11.0 Å². The van der Waals surface area contributed by atoms with Crippen LogP contribution in [0.1, 0.15) is 25.0 Å². The highest BCUT2D eigenvalue weighted by atomic mass is 19.3. The molecule has 0 aliphatic carbocycles. The minimum Gasteiger partial charge on any atom is -0.476 e. The number of nitrogens with one attached hydrogen (secondary N) is 1. The highest BCUT2D eigenvalue weighted by molar-refractivity contribution is 5.88. The average molecular weight is 346 g/mol. The number of nitrogens with zero attached hydrogens (tertiary/aromatic N) is 1. The zero-order chi connectivity index (χ0) is 18.6. The fourth-order valence-corrected chi connectivity index (χ4v) is 2.59. The molecule has 4 nitrogen and oxygen atoms in total. The van der Waals surface area contributed by atoms with Crippen molar-refractivity contribution >= 4 is 5.97 Å². The number of carboxylic acids is 1. The summed E-state index contributed by atoms with van der Waals surface area (Å²) in [7, 11) is 0. The first-order valence-corrected chi connectivity index (χ1v) is 7.72. The Balaban J connectivity index is 2.34. The minimum atomic E-state index is -2.98. The molecule has 1 aromatic rings. The summed E-state index contributed by atoms with van der Waals surface area (Å²) in [6.45, 7) is 6.49. The molecule has 1 aromatic carbocycles. The number of hydrogen-bond acceptors (Lipinski definition) is 3. The number of aliphatic carboxylic acids is 1. The highest BCUT2D eigenvalue weighted by Gasteiger charge is 2.28. The summed E-state index contributed by atoms with van der Waals surface area (Å²) >= 11 is 0. The Morgan fingerprint density at radius 1 is 1.36 bits per heavy atom. The third-order valence-corrected chi connectivity index (χ3v) is 3.71. The zero-order valence-electron chi connectivity index (χ0n) is 14.1. The SMILES string of the molecule is C=C1C=CC(NCc2ccccc2C(C)(F)F)=C(C(=O)O)N1/C=C\C. The van der Waals surface area contributed by atoms with Crippen LogP contribution in [0.3, 0.4) is 0 Å². The molecule has 0 unspecified atom stereocenters. The van der Waals surface area contributed by atoms with Crippen LogP contribution in [0, 0.1) is 0 Å². The van der Waals surface area contributed by atoms with Crippen LogP contribution in [0.4, 0.5) is 8.78 Å². The van der Waals surface area contributed by atoms with E-state index in [1.54, 1.807) is 49.6 Å². The third kappa shape index (κ3) is 4.15. The Morgan fingerprint density at radius 2 is 2.04 bits per heavy atom. The van der Waals surface area contributed by atoms with Crippen molar-refractivity contribution in [2.45, 2.75) is 26.3 Å². The van der Waals surface area contributed by atoms with Gasteiger partial charge in [-0.25, -0.2) is 13.6 Å². The summed E-state index contributed by atoms with van der Waals surface area (Å²) in [4.78, 5) is 13.1. The summed E-state index contributed by atoms with van der Waals surface area (Å²) in [6.07, 6.45) is 6.52. The second kappa shape index (κ2) is 7.34. The first-order chi connectivity index (χ1) is 11.8. The molecule has 0 amide bonds. The van der Waals surface area contributed by atoms with Crippen LogP contribution in [-0.4, -0.2) is 16.0 Å². The largest absolute Gasteiger partial charge is 0.476 e. The van der Waals surface area contributed by atoms with Gasteiger partial charge in [-0.15, -0.1) is 0 Å². The van der Waals surface area contributed by atoms with E-state index < -0.39 is 11.9 Å². The first-order valence-electron chi connectivity index (χ1n) is 7.72. The monoisotopic (exact) mass is 346 g/mol. The lowest BCUT2D eigenvalue weighted by atomic mass is 10.0. The number of hydrogen-bond donors (Lipinski definition) is 2. The molecule has 2 N–H and O–H groups in total. The summed E-state index contributed by atoms with van der Waals surface area (Å²) in [6, 6.07) is 6.18. The maximum Gasteiger partial charge on any atom is 0.355 e. The Hall–Kier alpha value is -2.89. The summed E-state index contributed by atoms with van der Waals surface area (Å²) < 4.78 is 27.4. The van der Waals surface area contributed by atoms with E-state index >= 15 is 0 Å². The Bertz CT molecular complexity index is 774.